The molecule has 0 amide bonds. The normalized spacial score (nSPS) is 21.2. The highest BCUT2D eigenvalue weighted by molar-refractivity contribution is 5.85. The first-order valence-corrected chi connectivity index (χ1v) is 3.14. The first-order valence-electron chi connectivity index (χ1n) is 3.14. The summed E-state index contributed by atoms with van der Waals surface area (Å²) in [6.45, 7) is 3.83. The lowest BCUT2D eigenvalue weighted by atomic mass is 10.1. The SMILES string of the molecule is CC(C#N)=C1CCNC1.Cl. The number of hydrogen-bond acceptors (Lipinski definition) is 2. The predicted molar refractivity (Wildman–Crippen MR) is 43.0 cm³/mol. The summed E-state index contributed by atoms with van der Waals surface area (Å²) in [5.74, 6) is 0. The third kappa shape index (κ3) is 2.02. The molecule has 0 aliphatic carbocycles. The molecule has 0 bridgehead atoms. The van der Waals surface area contributed by atoms with E-state index < -0.39 is 0 Å². The van der Waals surface area contributed by atoms with Crippen molar-refractivity contribution >= 4 is 12.4 Å². The minimum Gasteiger partial charge on any atom is -0.313 e. The Bertz CT molecular complexity index is 171. The molecule has 1 N–H and O–H groups in total. The Balaban J connectivity index is 0.000000810. The zero-order valence-electron chi connectivity index (χ0n) is 5.98. The van der Waals surface area contributed by atoms with Gasteiger partial charge in [-0.3, -0.25) is 0 Å². The second kappa shape index (κ2) is 4.32. The number of rotatable bonds is 0. The maximum Gasteiger partial charge on any atom is 0.0944 e. The highest BCUT2D eigenvalue weighted by atomic mass is 35.5. The number of nitrogens with one attached hydrogen (secondary N) is 1. The van der Waals surface area contributed by atoms with Crippen molar-refractivity contribution in [1.29, 1.82) is 5.26 Å². The summed E-state index contributed by atoms with van der Waals surface area (Å²) in [6.07, 6.45) is 1.05. The van der Waals surface area contributed by atoms with Gasteiger partial charge in [-0.2, -0.15) is 5.26 Å². The van der Waals surface area contributed by atoms with E-state index in [1.54, 1.807) is 0 Å². The maximum atomic E-state index is 8.46. The van der Waals surface area contributed by atoms with Crippen molar-refractivity contribution in [2.45, 2.75) is 13.3 Å². The van der Waals surface area contributed by atoms with Crippen LogP contribution in [0.1, 0.15) is 13.3 Å². The second-order valence-electron chi connectivity index (χ2n) is 2.27. The summed E-state index contributed by atoms with van der Waals surface area (Å²) in [5, 5.41) is 11.6. The number of nitrogens with zero attached hydrogens (tertiary/aromatic N) is 1. The van der Waals surface area contributed by atoms with Gasteiger partial charge in [0, 0.05) is 12.1 Å². The summed E-state index contributed by atoms with van der Waals surface area (Å²) in [4.78, 5) is 0. The first kappa shape index (κ1) is 9.48. The van der Waals surface area contributed by atoms with Gasteiger partial charge in [0.15, 0.2) is 0 Å². The van der Waals surface area contributed by atoms with Crippen molar-refractivity contribution in [2.24, 2.45) is 0 Å². The van der Waals surface area contributed by atoms with Crippen LogP contribution in [0.25, 0.3) is 0 Å². The molecular formula is C7H11ClN2. The topological polar surface area (TPSA) is 35.8 Å². The minimum atomic E-state index is 0. The van der Waals surface area contributed by atoms with Crippen LogP contribution >= 0.6 is 12.4 Å². The molecule has 0 spiro atoms. The summed E-state index contributed by atoms with van der Waals surface area (Å²) in [7, 11) is 0. The van der Waals surface area contributed by atoms with E-state index in [0.29, 0.717) is 0 Å². The van der Waals surface area contributed by atoms with E-state index in [9.17, 15) is 0 Å². The van der Waals surface area contributed by atoms with Crippen LogP contribution in [-0.4, -0.2) is 13.1 Å². The third-order valence-corrected chi connectivity index (χ3v) is 1.64. The highest BCUT2D eigenvalue weighted by Gasteiger charge is 2.07. The maximum absolute atomic E-state index is 8.46. The highest BCUT2D eigenvalue weighted by Crippen LogP contribution is 2.10. The van der Waals surface area contributed by atoms with Crippen LogP contribution in [-0.2, 0) is 0 Å². The largest absolute Gasteiger partial charge is 0.313 e. The van der Waals surface area contributed by atoms with Crippen LogP contribution in [0.5, 0.6) is 0 Å². The molecule has 10 heavy (non-hydrogen) atoms. The Morgan fingerprint density at radius 3 is 2.80 bits per heavy atom. The molecule has 3 heteroatoms. The smallest absolute Gasteiger partial charge is 0.0944 e. The molecule has 2 nitrogen and oxygen atoms in total. The number of allylic oxidation sites excluding steroid dienone is 1. The zero-order chi connectivity index (χ0) is 6.69. The fourth-order valence-electron chi connectivity index (χ4n) is 0.966. The molecule has 0 saturated carbocycles. The number of nitriles is 1. The Labute approximate surface area is 67.3 Å². The lowest BCUT2D eigenvalue weighted by Gasteiger charge is -1.92. The van der Waals surface area contributed by atoms with Gasteiger partial charge < -0.3 is 5.32 Å². The lowest BCUT2D eigenvalue weighted by molar-refractivity contribution is 0.862. The van der Waals surface area contributed by atoms with Crippen molar-refractivity contribution in [3.05, 3.63) is 11.1 Å². The van der Waals surface area contributed by atoms with Crippen LogP contribution in [0, 0.1) is 11.3 Å². The summed E-state index contributed by atoms with van der Waals surface area (Å²) >= 11 is 0. The molecule has 0 atom stereocenters. The molecule has 0 unspecified atom stereocenters. The fraction of sp³-hybridized carbons (Fsp3) is 0.571. The Morgan fingerprint density at radius 2 is 2.40 bits per heavy atom. The van der Waals surface area contributed by atoms with E-state index in [4.69, 9.17) is 5.26 Å². The van der Waals surface area contributed by atoms with Gasteiger partial charge in [-0.05, 0) is 25.5 Å². The van der Waals surface area contributed by atoms with Crippen LogP contribution in [0.15, 0.2) is 11.1 Å². The quantitative estimate of drug-likeness (QED) is 0.539. The van der Waals surface area contributed by atoms with E-state index in [0.717, 1.165) is 25.1 Å². The first-order chi connectivity index (χ1) is 4.34. The molecular weight excluding hydrogens is 148 g/mol. The van der Waals surface area contributed by atoms with E-state index in [1.165, 1.54) is 5.57 Å². The summed E-state index contributed by atoms with van der Waals surface area (Å²) in [5.41, 5.74) is 2.16. The molecule has 0 aromatic carbocycles. The Hall–Kier alpha value is -0.520. The molecule has 1 aliphatic rings. The molecule has 0 aromatic rings. The molecule has 0 radical (unpaired) electrons. The van der Waals surface area contributed by atoms with E-state index >= 15 is 0 Å². The van der Waals surface area contributed by atoms with E-state index in [-0.39, 0.29) is 12.4 Å². The molecule has 0 aromatic heterocycles. The van der Waals surface area contributed by atoms with Gasteiger partial charge in [-0.1, -0.05) is 0 Å². The van der Waals surface area contributed by atoms with Gasteiger partial charge in [0.2, 0.25) is 0 Å². The number of hydrogen-bond donors (Lipinski definition) is 1. The third-order valence-electron chi connectivity index (χ3n) is 1.64. The van der Waals surface area contributed by atoms with E-state index in [2.05, 4.69) is 11.4 Å². The van der Waals surface area contributed by atoms with Crippen LogP contribution < -0.4 is 5.32 Å². The fourth-order valence-corrected chi connectivity index (χ4v) is 0.966. The average Bonchev–Trinajstić information content (AvgIpc) is 2.37. The van der Waals surface area contributed by atoms with E-state index in [1.807, 2.05) is 6.92 Å². The van der Waals surface area contributed by atoms with Gasteiger partial charge in [0.1, 0.15) is 0 Å². The van der Waals surface area contributed by atoms with Gasteiger partial charge in [0.05, 0.1) is 6.07 Å². The van der Waals surface area contributed by atoms with Crippen molar-refractivity contribution < 1.29 is 0 Å². The summed E-state index contributed by atoms with van der Waals surface area (Å²) in [6, 6.07) is 2.15. The van der Waals surface area contributed by atoms with Gasteiger partial charge in [-0.25, -0.2) is 0 Å². The van der Waals surface area contributed by atoms with Crippen LogP contribution in [0.3, 0.4) is 0 Å². The molecule has 56 valence electrons. The van der Waals surface area contributed by atoms with Crippen molar-refractivity contribution in [2.75, 3.05) is 13.1 Å². The zero-order valence-corrected chi connectivity index (χ0v) is 6.79. The Morgan fingerprint density at radius 1 is 1.70 bits per heavy atom. The van der Waals surface area contributed by atoms with Crippen LogP contribution in [0.4, 0.5) is 0 Å². The Kier molecular flexibility index (Phi) is 4.10. The molecule has 1 saturated heterocycles. The van der Waals surface area contributed by atoms with Gasteiger partial charge in [-0.15, -0.1) is 12.4 Å². The standard InChI is InChI=1S/C7H10N2.ClH/c1-6(4-8)7-2-3-9-5-7;/h9H,2-3,5H2,1H3;1H. The second-order valence-corrected chi connectivity index (χ2v) is 2.27. The molecule has 1 heterocycles. The van der Waals surface area contributed by atoms with Gasteiger partial charge >= 0.3 is 0 Å². The van der Waals surface area contributed by atoms with Crippen molar-refractivity contribution in [1.82, 2.24) is 5.32 Å². The average molecular weight is 159 g/mol. The molecule has 1 fully saturated rings. The number of halogens is 1. The van der Waals surface area contributed by atoms with Crippen molar-refractivity contribution in [3.63, 3.8) is 0 Å². The molecule has 1 rings (SSSR count). The lowest BCUT2D eigenvalue weighted by Crippen LogP contribution is -2.04. The van der Waals surface area contributed by atoms with Crippen molar-refractivity contribution in [3.8, 4) is 6.07 Å². The summed E-state index contributed by atoms with van der Waals surface area (Å²) < 4.78 is 0. The predicted octanol–water partition coefficient (Wildman–Crippen LogP) is 1.24. The molecule has 1 aliphatic heterocycles. The van der Waals surface area contributed by atoms with Crippen LogP contribution in [0.2, 0.25) is 0 Å². The minimum absolute atomic E-state index is 0. The van der Waals surface area contributed by atoms with Gasteiger partial charge in [0.25, 0.3) is 0 Å². The monoisotopic (exact) mass is 158 g/mol.